The van der Waals surface area contributed by atoms with Crippen molar-refractivity contribution in [2.45, 2.75) is 62.8 Å². The van der Waals surface area contributed by atoms with Gasteiger partial charge in [-0.05, 0) is 72.7 Å². The van der Waals surface area contributed by atoms with Gasteiger partial charge in [0, 0.05) is 13.5 Å². The van der Waals surface area contributed by atoms with Crippen molar-refractivity contribution in [1.29, 1.82) is 0 Å². The molecule has 0 spiro atoms. The summed E-state index contributed by atoms with van der Waals surface area (Å²) in [5.74, 6) is 0.439. The molecule has 36 heavy (non-hydrogen) atoms. The number of benzene rings is 2. The summed E-state index contributed by atoms with van der Waals surface area (Å²) >= 11 is 0. The molecule has 0 aromatic heterocycles. The van der Waals surface area contributed by atoms with Crippen molar-refractivity contribution in [3.05, 3.63) is 54.1 Å². The van der Waals surface area contributed by atoms with E-state index in [1.54, 1.807) is 26.0 Å². The van der Waals surface area contributed by atoms with E-state index in [1.807, 2.05) is 36.4 Å². The fourth-order valence-electron chi connectivity index (χ4n) is 5.36. The molecular weight excluding hydrogens is 460 g/mol. The standard InChI is InChI=1S/C28H36N2O6/c1-18(2)25(29-27(33)36-23-7-5-6-8-23)26(32)30-17-28(35-4,15-22(30)16-31)21-11-9-20-14-24(34-3)12-10-19(20)13-21/h9-14,22-23,25,31H,1,5-8,15-17H2,2-4H3,(H,29,33)/t22-,25-,28-/m0/s1. The van der Waals surface area contributed by atoms with Gasteiger partial charge in [-0.1, -0.05) is 24.8 Å². The SMILES string of the molecule is C=C(C)[C@H](NC(=O)OC1CCCC1)C(=O)N1C[C@](OC)(c2ccc3cc(OC)ccc3c2)C[C@H]1CO. The van der Waals surface area contributed by atoms with Gasteiger partial charge in [0.25, 0.3) is 0 Å². The normalized spacial score (nSPS) is 23.0. The van der Waals surface area contributed by atoms with E-state index in [0.717, 1.165) is 47.8 Å². The molecule has 2 amide bonds. The summed E-state index contributed by atoms with van der Waals surface area (Å²) in [4.78, 5) is 27.8. The minimum Gasteiger partial charge on any atom is -0.497 e. The Morgan fingerprint density at radius 3 is 2.50 bits per heavy atom. The predicted molar refractivity (Wildman–Crippen MR) is 137 cm³/mol. The van der Waals surface area contributed by atoms with E-state index in [9.17, 15) is 14.7 Å². The number of nitrogens with zero attached hydrogens (tertiary/aromatic N) is 1. The molecule has 0 unspecified atom stereocenters. The first-order valence-corrected chi connectivity index (χ1v) is 12.5. The number of rotatable bonds is 8. The Labute approximate surface area is 212 Å². The van der Waals surface area contributed by atoms with Crippen molar-refractivity contribution in [3.8, 4) is 5.75 Å². The lowest BCUT2D eigenvalue weighted by molar-refractivity contribution is -0.135. The molecule has 1 saturated heterocycles. The first kappa shape index (κ1) is 26.0. The van der Waals surface area contributed by atoms with Crippen LogP contribution in [0.3, 0.4) is 0 Å². The van der Waals surface area contributed by atoms with Crippen LogP contribution >= 0.6 is 0 Å². The maximum absolute atomic E-state index is 13.7. The molecule has 194 valence electrons. The quantitative estimate of drug-likeness (QED) is 0.538. The highest BCUT2D eigenvalue weighted by atomic mass is 16.6. The number of fused-ring (bicyclic) bond motifs is 1. The van der Waals surface area contributed by atoms with Gasteiger partial charge in [0.15, 0.2) is 0 Å². The van der Waals surface area contributed by atoms with Crippen molar-refractivity contribution in [1.82, 2.24) is 10.2 Å². The van der Waals surface area contributed by atoms with Gasteiger partial charge in [-0.2, -0.15) is 0 Å². The summed E-state index contributed by atoms with van der Waals surface area (Å²) in [6, 6.07) is 10.5. The maximum atomic E-state index is 13.7. The lowest BCUT2D eigenvalue weighted by atomic mass is 9.89. The Morgan fingerprint density at radius 1 is 1.17 bits per heavy atom. The van der Waals surface area contributed by atoms with E-state index in [4.69, 9.17) is 14.2 Å². The van der Waals surface area contributed by atoms with Crippen molar-refractivity contribution in [2.24, 2.45) is 0 Å². The van der Waals surface area contributed by atoms with Gasteiger partial charge in [0.2, 0.25) is 5.91 Å². The van der Waals surface area contributed by atoms with Gasteiger partial charge in [0.05, 0.1) is 26.3 Å². The van der Waals surface area contributed by atoms with Gasteiger partial charge in [-0.3, -0.25) is 4.79 Å². The third kappa shape index (κ3) is 5.20. The number of aliphatic hydroxyl groups is 1. The van der Waals surface area contributed by atoms with Crippen LogP contribution in [0.15, 0.2) is 48.6 Å². The molecule has 2 aromatic rings. The van der Waals surface area contributed by atoms with Crippen LogP contribution in [-0.2, 0) is 19.9 Å². The van der Waals surface area contributed by atoms with Crippen LogP contribution in [0.2, 0.25) is 0 Å². The number of likely N-dealkylation sites (tertiary alicyclic amines) is 1. The van der Waals surface area contributed by atoms with Gasteiger partial charge in [0.1, 0.15) is 23.5 Å². The van der Waals surface area contributed by atoms with E-state index in [2.05, 4.69) is 11.9 Å². The highest BCUT2D eigenvalue weighted by molar-refractivity contribution is 5.89. The second-order valence-electron chi connectivity index (χ2n) is 9.87. The highest BCUT2D eigenvalue weighted by Gasteiger charge is 2.48. The fourth-order valence-corrected chi connectivity index (χ4v) is 5.36. The van der Waals surface area contributed by atoms with Gasteiger partial charge in [-0.15, -0.1) is 0 Å². The molecule has 1 saturated carbocycles. The lowest BCUT2D eigenvalue weighted by Gasteiger charge is -2.31. The van der Waals surface area contributed by atoms with Crippen molar-refractivity contribution in [3.63, 3.8) is 0 Å². The molecule has 3 atom stereocenters. The summed E-state index contributed by atoms with van der Waals surface area (Å²) in [5.41, 5.74) is 0.604. The lowest BCUT2D eigenvalue weighted by Crippen LogP contribution is -2.52. The number of carbonyl (C=O) groups excluding carboxylic acids is 2. The second kappa shape index (κ2) is 10.9. The van der Waals surface area contributed by atoms with E-state index < -0.39 is 23.8 Å². The number of carbonyl (C=O) groups is 2. The third-order valence-corrected chi connectivity index (χ3v) is 7.47. The Kier molecular flexibility index (Phi) is 7.85. The summed E-state index contributed by atoms with van der Waals surface area (Å²) in [6.07, 6.45) is 3.44. The molecule has 0 bridgehead atoms. The highest BCUT2D eigenvalue weighted by Crippen LogP contribution is 2.40. The summed E-state index contributed by atoms with van der Waals surface area (Å²) < 4.78 is 16.9. The van der Waals surface area contributed by atoms with Crippen LogP contribution in [0.1, 0.15) is 44.6 Å². The number of methoxy groups -OCH3 is 2. The molecule has 1 aliphatic heterocycles. The smallest absolute Gasteiger partial charge is 0.408 e. The van der Waals surface area contributed by atoms with Crippen LogP contribution < -0.4 is 10.1 Å². The average molecular weight is 497 g/mol. The molecule has 0 radical (unpaired) electrons. The number of hydrogen-bond donors (Lipinski definition) is 2. The van der Waals surface area contributed by atoms with Gasteiger partial charge >= 0.3 is 6.09 Å². The summed E-state index contributed by atoms with van der Waals surface area (Å²) in [6.45, 7) is 5.63. The fraction of sp³-hybridized carbons (Fsp3) is 0.500. The van der Waals surface area contributed by atoms with E-state index in [0.29, 0.717) is 12.0 Å². The molecule has 8 nitrogen and oxygen atoms in total. The number of nitrogens with one attached hydrogen (secondary N) is 1. The molecule has 2 fully saturated rings. The zero-order valence-electron chi connectivity index (χ0n) is 21.3. The third-order valence-electron chi connectivity index (χ3n) is 7.47. The van der Waals surface area contributed by atoms with Gasteiger partial charge in [-0.25, -0.2) is 4.79 Å². The Morgan fingerprint density at radius 2 is 1.86 bits per heavy atom. The Bertz CT molecular complexity index is 1130. The monoisotopic (exact) mass is 496 g/mol. The molecule has 4 rings (SSSR count). The predicted octanol–water partition coefficient (Wildman–Crippen LogP) is 3.90. The first-order chi connectivity index (χ1) is 17.3. The molecule has 2 aromatic carbocycles. The number of ether oxygens (including phenoxy) is 3. The zero-order valence-corrected chi connectivity index (χ0v) is 21.3. The van der Waals surface area contributed by atoms with Crippen molar-refractivity contribution in [2.75, 3.05) is 27.4 Å². The Balaban J connectivity index is 1.56. The van der Waals surface area contributed by atoms with Gasteiger partial charge < -0.3 is 29.5 Å². The average Bonchev–Trinajstić information content (AvgIpc) is 3.54. The van der Waals surface area contributed by atoms with Crippen LogP contribution in [0.4, 0.5) is 4.79 Å². The minimum absolute atomic E-state index is 0.114. The molecule has 2 aliphatic rings. The summed E-state index contributed by atoms with van der Waals surface area (Å²) in [7, 11) is 3.25. The van der Waals surface area contributed by atoms with Crippen LogP contribution in [-0.4, -0.2) is 67.6 Å². The number of alkyl carbamates (subject to hydrolysis) is 1. The van der Waals surface area contributed by atoms with Crippen LogP contribution in [0.25, 0.3) is 10.8 Å². The molecule has 1 heterocycles. The van der Waals surface area contributed by atoms with Crippen LogP contribution in [0, 0.1) is 0 Å². The first-order valence-electron chi connectivity index (χ1n) is 12.5. The maximum Gasteiger partial charge on any atom is 0.408 e. The largest absolute Gasteiger partial charge is 0.497 e. The topological polar surface area (TPSA) is 97.3 Å². The van der Waals surface area contributed by atoms with E-state index >= 15 is 0 Å². The zero-order chi connectivity index (χ0) is 25.9. The second-order valence-corrected chi connectivity index (χ2v) is 9.87. The van der Waals surface area contributed by atoms with Crippen molar-refractivity contribution < 1.29 is 28.9 Å². The number of hydrogen-bond acceptors (Lipinski definition) is 6. The van der Waals surface area contributed by atoms with Crippen LogP contribution in [0.5, 0.6) is 5.75 Å². The molecule has 2 N–H and O–H groups in total. The molecule has 1 aliphatic carbocycles. The number of amides is 2. The number of aliphatic hydroxyl groups excluding tert-OH is 1. The minimum atomic E-state index is -0.954. The van der Waals surface area contributed by atoms with E-state index in [-0.39, 0.29) is 25.2 Å². The van der Waals surface area contributed by atoms with Crippen molar-refractivity contribution >= 4 is 22.8 Å². The molecular formula is C28H36N2O6. The Hall–Kier alpha value is -3.10. The summed E-state index contributed by atoms with van der Waals surface area (Å²) in [5, 5.41) is 14.9. The molecule has 8 heteroatoms. The van der Waals surface area contributed by atoms with E-state index in [1.165, 1.54) is 0 Å².